The molecular formula is C25H29F3N4O4. The highest BCUT2D eigenvalue weighted by Gasteiger charge is 2.31. The molecule has 4 rings (SSSR count). The SMILES string of the molecule is CCOC[C@H]1COCCOc2cc3nc(C)nc(N[C@H](C)c4cc(N)cc(C(F)(F)F)c4)c3cc2O1. The molecule has 2 heterocycles. The smallest absolute Gasteiger partial charge is 0.416 e. The molecule has 36 heavy (non-hydrogen) atoms. The molecule has 0 fully saturated rings. The van der Waals surface area contributed by atoms with Gasteiger partial charge in [0.2, 0.25) is 0 Å². The van der Waals surface area contributed by atoms with Crippen molar-refractivity contribution in [2.75, 3.05) is 44.1 Å². The normalized spacial score (nSPS) is 17.2. The van der Waals surface area contributed by atoms with Crippen molar-refractivity contribution in [3.63, 3.8) is 0 Å². The van der Waals surface area contributed by atoms with Gasteiger partial charge in [0, 0.05) is 23.7 Å². The van der Waals surface area contributed by atoms with Gasteiger partial charge in [-0.05, 0) is 50.6 Å². The molecule has 0 spiro atoms. The van der Waals surface area contributed by atoms with Gasteiger partial charge in [-0.3, -0.25) is 0 Å². The van der Waals surface area contributed by atoms with Gasteiger partial charge in [0.15, 0.2) is 11.5 Å². The van der Waals surface area contributed by atoms with Gasteiger partial charge in [0.1, 0.15) is 24.4 Å². The Morgan fingerprint density at radius 1 is 1.14 bits per heavy atom. The fourth-order valence-electron chi connectivity index (χ4n) is 3.92. The first-order valence-corrected chi connectivity index (χ1v) is 11.7. The van der Waals surface area contributed by atoms with Crippen LogP contribution in [0.2, 0.25) is 0 Å². The largest absolute Gasteiger partial charge is 0.487 e. The van der Waals surface area contributed by atoms with E-state index >= 15 is 0 Å². The van der Waals surface area contributed by atoms with Crippen LogP contribution < -0.4 is 20.5 Å². The molecule has 0 bridgehead atoms. The van der Waals surface area contributed by atoms with E-state index in [1.165, 1.54) is 6.07 Å². The molecule has 0 amide bonds. The summed E-state index contributed by atoms with van der Waals surface area (Å²) in [5, 5.41) is 3.85. The number of hydrogen-bond donors (Lipinski definition) is 2. The average molecular weight is 507 g/mol. The summed E-state index contributed by atoms with van der Waals surface area (Å²) >= 11 is 0. The predicted molar refractivity (Wildman–Crippen MR) is 129 cm³/mol. The number of aryl methyl sites for hydroxylation is 1. The molecular weight excluding hydrogens is 477 g/mol. The number of fused-ring (bicyclic) bond motifs is 2. The minimum absolute atomic E-state index is 0.0303. The second-order valence-electron chi connectivity index (χ2n) is 8.51. The molecule has 0 saturated heterocycles. The van der Waals surface area contributed by atoms with E-state index in [-0.39, 0.29) is 11.8 Å². The number of nitrogens with two attached hydrogens (primary N) is 1. The van der Waals surface area contributed by atoms with E-state index in [0.29, 0.717) is 72.6 Å². The highest BCUT2D eigenvalue weighted by Crippen LogP contribution is 2.37. The highest BCUT2D eigenvalue weighted by molar-refractivity contribution is 5.92. The van der Waals surface area contributed by atoms with E-state index in [2.05, 4.69) is 15.3 Å². The molecule has 0 radical (unpaired) electrons. The quantitative estimate of drug-likeness (QED) is 0.455. The molecule has 3 N–H and O–H groups in total. The average Bonchev–Trinajstić information content (AvgIpc) is 2.90. The standard InChI is InChI=1S/C25H29F3N4O4/c1-4-33-12-19-13-34-5-6-35-22-11-21-20(10-23(22)36-19)24(32-15(3)31-21)30-14(2)16-7-17(25(26,27)28)9-18(29)8-16/h7-11,14,19H,4-6,12-13,29H2,1-3H3,(H,30,31,32)/t14-,19+/m1/s1. The Bertz CT molecular complexity index is 1220. The molecule has 0 unspecified atom stereocenters. The first-order valence-electron chi connectivity index (χ1n) is 11.7. The number of benzene rings is 2. The van der Waals surface area contributed by atoms with Gasteiger partial charge in [0.05, 0.1) is 36.9 Å². The van der Waals surface area contributed by atoms with Gasteiger partial charge in [-0.15, -0.1) is 0 Å². The van der Waals surface area contributed by atoms with Crippen LogP contribution in [0.1, 0.15) is 36.8 Å². The number of alkyl halides is 3. The molecule has 1 aliphatic heterocycles. The number of aromatic nitrogens is 2. The van der Waals surface area contributed by atoms with E-state index in [4.69, 9.17) is 24.7 Å². The second kappa shape index (κ2) is 10.8. The van der Waals surface area contributed by atoms with Crippen LogP contribution in [0.25, 0.3) is 10.9 Å². The first kappa shape index (κ1) is 25.8. The van der Waals surface area contributed by atoms with E-state index < -0.39 is 17.8 Å². The van der Waals surface area contributed by atoms with Crippen molar-refractivity contribution in [1.29, 1.82) is 0 Å². The van der Waals surface area contributed by atoms with E-state index in [1.807, 2.05) is 6.92 Å². The van der Waals surface area contributed by atoms with E-state index in [0.717, 1.165) is 12.1 Å². The summed E-state index contributed by atoms with van der Waals surface area (Å²) in [7, 11) is 0. The lowest BCUT2D eigenvalue weighted by atomic mass is 10.0. The maximum Gasteiger partial charge on any atom is 0.416 e. The lowest BCUT2D eigenvalue weighted by molar-refractivity contribution is -0.137. The summed E-state index contributed by atoms with van der Waals surface area (Å²) in [4.78, 5) is 9.04. The molecule has 0 saturated carbocycles. The van der Waals surface area contributed by atoms with Crippen molar-refractivity contribution in [2.24, 2.45) is 0 Å². The van der Waals surface area contributed by atoms with Crippen molar-refractivity contribution in [3.05, 3.63) is 47.3 Å². The Labute approximate surface area is 206 Å². The number of nitrogens with one attached hydrogen (secondary N) is 1. The van der Waals surface area contributed by atoms with Crippen molar-refractivity contribution in [2.45, 2.75) is 39.1 Å². The molecule has 194 valence electrons. The maximum atomic E-state index is 13.3. The van der Waals surface area contributed by atoms with Gasteiger partial charge in [-0.25, -0.2) is 9.97 Å². The van der Waals surface area contributed by atoms with Crippen LogP contribution in [0.3, 0.4) is 0 Å². The molecule has 0 aliphatic carbocycles. The predicted octanol–water partition coefficient (Wildman–Crippen LogP) is 4.91. The van der Waals surface area contributed by atoms with Crippen LogP contribution in [0.15, 0.2) is 30.3 Å². The summed E-state index contributed by atoms with van der Waals surface area (Å²) in [6, 6.07) is 6.51. The lowest BCUT2D eigenvalue weighted by Crippen LogP contribution is -2.28. The fraction of sp³-hybridized carbons (Fsp3) is 0.440. The monoisotopic (exact) mass is 506 g/mol. The van der Waals surface area contributed by atoms with Crippen molar-refractivity contribution >= 4 is 22.4 Å². The number of nitrogen functional groups attached to an aromatic ring is 1. The Morgan fingerprint density at radius 3 is 2.69 bits per heavy atom. The number of ether oxygens (including phenoxy) is 4. The number of anilines is 2. The fourth-order valence-corrected chi connectivity index (χ4v) is 3.92. The van der Waals surface area contributed by atoms with Crippen LogP contribution in [-0.4, -0.2) is 49.1 Å². The van der Waals surface area contributed by atoms with E-state index in [9.17, 15) is 13.2 Å². The summed E-state index contributed by atoms with van der Waals surface area (Å²) in [6.07, 6.45) is -4.85. The Balaban J connectivity index is 1.71. The van der Waals surface area contributed by atoms with Crippen LogP contribution >= 0.6 is 0 Å². The van der Waals surface area contributed by atoms with Gasteiger partial charge in [-0.2, -0.15) is 13.2 Å². The third-order valence-electron chi connectivity index (χ3n) is 5.62. The Hall–Kier alpha value is -3.31. The van der Waals surface area contributed by atoms with Gasteiger partial charge in [0.25, 0.3) is 0 Å². The zero-order chi connectivity index (χ0) is 25.9. The van der Waals surface area contributed by atoms with Crippen LogP contribution in [0.5, 0.6) is 11.5 Å². The third kappa shape index (κ3) is 6.08. The number of halogens is 3. The summed E-state index contributed by atoms with van der Waals surface area (Å²) < 4.78 is 63.1. The maximum absolute atomic E-state index is 13.3. The second-order valence-corrected chi connectivity index (χ2v) is 8.51. The first-order chi connectivity index (χ1) is 17.1. The number of rotatable bonds is 6. The molecule has 11 heteroatoms. The Morgan fingerprint density at radius 2 is 1.94 bits per heavy atom. The van der Waals surface area contributed by atoms with E-state index in [1.54, 1.807) is 26.0 Å². The van der Waals surface area contributed by atoms with Crippen molar-refractivity contribution in [3.8, 4) is 11.5 Å². The molecule has 1 aromatic heterocycles. The summed E-state index contributed by atoms with van der Waals surface area (Å²) in [5.74, 6) is 1.92. The zero-order valence-corrected chi connectivity index (χ0v) is 20.3. The summed E-state index contributed by atoms with van der Waals surface area (Å²) in [6.45, 7) is 7.34. The van der Waals surface area contributed by atoms with Gasteiger partial charge < -0.3 is 30.0 Å². The van der Waals surface area contributed by atoms with Crippen LogP contribution in [-0.2, 0) is 15.7 Å². The van der Waals surface area contributed by atoms with Crippen molar-refractivity contribution in [1.82, 2.24) is 9.97 Å². The minimum Gasteiger partial charge on any atom is -0.487 e. The molecule has 8 nitrogen and oxygen atoms in total. The minimum atomic E-state index is -4.50. The summed E-state index contributed by atoms with van der Waals surface area (Å²) in [5.41, 5.74) is 5.97. The molecule has 3 aromatic rings. The number of hydrogen-bond acceptors (Lipinski definition) is 8. The Kier molecular flexibility index (Phi) is 7.70. The highest BCUT2D eigenvalue weighted by atomic mass is 19.4. The topological polar surface area (TPSA) is 101 Å². The molecule has 2 atom stereocenters. The zero-order valence-electron chi connectivity index (χ0n) is 20.3. The molecule has 2 aromatic carbocycles. The van der Waals surface area contributed by atoms with Gasteiger partial charge in [-0.1, -0.05) is 0 Å². The lowest BCUT2D eigenvalue weighted by Gasteiger charge is -2.21. The van der Waals surface area contributed by atoms with Crippen LogP contribution in [0.4, 0.5) is 24.7 Å². The molecule has 1 aliphatic rings. The number of nitrogens with zero attached hydrogens (tertiary/aromatic N) is 2. The van der Waals surface area contributed by atoms with Crippen LogP contribution in [0, 0.1) is 6.92 Å². The van der Waals surface area contributed by atoms with Gasteiger partial charge >= 0.3 is 6.18 Å². The van der Waals surface area contributed by atoms with Crippen molar-refractivity contribution < 1.29 is 32.1 Å². The third-order valence-corrected chi connectivity index (χ3v) is 5.62.